The summed E-state index contributed by atoms with van der Waals surface area (Å²) in [7, 11) is 1.62. The summed E-state index contributed by atoms with van der Waals surface area (Å²) in [6.07, 6.45) is 1.95. The topological polar surface area (TPSA) is 95.2 Å². The van der Waals surface area contributed by atoms with Crippen molar-refractivity contribution in [3.8, 4) is 17.9 Å². The summed E-state index contributed by atoms with van der Waals surface area (Å²) in [5.74, 6) is 2.51. The maximum Gasteiger partial charge on any atom is 0.175 e. The molecule has 142 valence electrons. The van der Waals surface area contributed by atoms with Crippen molar-refractivity contribution in [2.75, 3.05) is 18.6 Å². The van der Waals surface area contributed by atoms with Crippen LogP contribution in [-0.2, 0) is 0 Å². The third kappa shape index (κ3) is 2.48. The van der Waals surface area contributed by atoms with Gasteiger partial charge >= 0.3 is 0 Å². The highest BCUT2D eigenvalue weighted by atomic mass is 32.2. The number of ether oxygens (including phenoxy) is 1. The molecule has 27 heavy (non-hydrogen) atoms. The van der Waals surface area contributed by atoms with Gasteiger partial charge < -0.3 is 10.5 Å². The molecule has 3 rings (SSSR count). The van der Waals surface area contributed by atoms with Crippen molar-refractivity contribution in [1.82, 2.24) is 0 Å². The average Bonchev–Trinajstić information content (AvgIpc) is 3.28. The molecule has 0 amide bonds. The molecule has 5 nitrogen and oxygen atoms in total. The van der Waals surface area contributed by atoms with Crippen molar-refractivity contribution in [3.63, 3.8) is 0 Å². The lowest BCUT2D eigenvalue weighted by molar-refractivity contribution is 0.414. The summed E-state index contributed by atoms with van der Waals surface area (Å²) < 4.78 is 4.51. The Kier molecular flexibility index (Phi) is 5.38. The largest absolute Gasteiger partial charge is 0.497 e. The Morgan fingerprint density at radius 3 is 2.15 bits per heavy atom. The highest BCUT2D eigenvalue weighted by molar-refractivity contribution is 8.18. The van der Waals surface area contributed by atoms with E-state index in [-0.39, 0.29) is 5.92 Å². The number of nitrogens with two attached hydrogens (primary N) is 1. The van der Waals surface area contributed by atoms with Gasteiger partial charge in [0.15, 0.2) is 4.20 Å². The van der Waals surface area contributed by atoms with Crippen molar-refractivity contribution < 1.29 is 4.74 Å². The average molecular weight is 401 g/mol. The Bertz CT molecular complexity index is 818. The van der Waals surface area contributed by atoms with Gasteiger partial charge in [0.25, 0.3) is 0 Å². The number of fused-ring (bicyclic) bond motifs is 1. The molecule has 3 unspecified atom stereocenters. The Morgan fingerprint density at radius 1 is 1.11 bits per heavy atom. The van der Waals surface area contributed by atoms with E-state index in [0.29, 0.717) is 5.84 Å². The molecule has 1 aromatic carbocycles. The summed E-state index contributed by atoms with van der Waals surface area (Å²) in [4.78, 5) is 4.77. The first kappa shape index (κ1) is 19.9. The fourth-order valence-corrected chi connectivity index (χ4v) is 7.36. The molecule has 0 radical (unpaired) electrons. The molecule has 1 aliphatic heterocycles. The lowest BCUT2D eigenvalue weighted by Gasteiger charge is -2.32. The lowest BCUT2D eigenvalue weighted by Crippen LogP contribution is -2.32. The Hall–Kier alpha value is -1.83. The Morgan fingerprint density at radius 2 is 1.70 bits per heavy atom. The number of rotatable bonds is 8. The molecule has 3 atom stereocenters. The molecule has 1 heterocycles. The van der Waals surface area contributed by atoms with Gasteiger partial charge in [-0.2, -0.15) is 10.5 Å². The standard InChI is InChI=1S/C20H24N4OS2/c1-4-10-26-20(27-11-5-2)19(13-22)16(18(19,12-21)17(23)24-20)14-6-8-15(25-3)9-7-14/h6-9,16H,4-5,10-11H2,1-3H3,(H2,23,24). The van der Waals surface area contributed by atoms with Crippen LogP contribution in [0.5, 0.6) is 5.75 Å². The first-order valence-electron chi connectivity index (χ1n) is 9.13. The number of hydrogen-bond donors (Lipinski definition) is 1. The van der Waals surface area contributed by atoms with Gasteiger partial charge in [0, 0.05) is 5.92 Å². The number of benzene rings is 1. The minimum atomic E-state index is -1.06. The summed E-state index contributed by atoms with van der Waals surface area (Å²) in [6, 6.07) is 12.5. The molecule has 0 saturated heterocycles. The zero-order chi connectivity index (χ0) is 19.7. The number of nitrogens with zero attached hydrogens (tertiary/aromatic N) is 3. The second kappa shape index (κ2) is 7.30. The zero-order valence-corrected chi connectivity index (χ0v) is 17.5. The fourth-order valence-electron chi connectivity index (χ4n) is 4.14. The minimum Gasteiger partial charge on any atom is -0.497 e. The van der Waals surface area contributed by atoms with Crippen LogP contribution in [0.1, 0.15) is 38.2 Å². The first-order valence-corrected chi connectivity index (χ1v) is 11.1. The summed E-state index contributed by atoms with van der Waals surface area (Å²) >= 11 is 3.33. The molecular formula is C20H24N4OS2. The van der Waals surface area contributed by atoms with Crippen molar-refractivity contribution in [2.24, 2.45) is 21.6 Å². The molecule has 1 aromatic rings. The molecular weight excluding hydrogens is 376 g/mol. The van der Waals surface area contributed by atoms with Gasteiger partial charge in [0.1, 0.15) is 22.4 Å². The van der Waals surface area contributed by atoms with Crippen LogP contribution in [0.2, 0.25) is 0 Å². The lowest BCUT2D eigenvalue weighted by atomic mass is 9.97. The van der Waals surface area contributed by atoms with E-state index < -0.39 is 15.0 Å². The van der Waals surface area contributed by atoms with Crippen molar-refractivity contribution in [3.05, 3.63) is 29.8 Å². The van der Waals surface area contributed by atoms with Crippen LogP contribution < -0.4 is 10.5 Å². The third-order valence-corrected chi connectivity index (χ3v) is 8.92. The van der Waals surface area contributed by atoms with E-state index in [1.54, 1.807) is 30.6 Å². The van der Waals surface area contributed by atoms with Crippen molar-refractivity contribution in [1.29, 1.82) is 10.5 Å². The molecule has 1 aliphatic carbocycles. The van der Waals surface area contributed by atoms with E-state index in [2.05, 4.69) is 26.0 Å². The number of amidine groups is 1. The number of aliphatic imine (C=N–C) groups is 1. The fraction of sp³-hybridized carbons (Fsp3) is 0.550. The maximum atomic E-state index is 10.4. The van der Waals surface area contributed by atoms with Gasteiger partial charge in [-0.25, -0.2) is 4.99 Å². The number of methoxy groups -OCH3 is 1. The number of nitriles is 2. The highest BCUT2D eigenvalue weighted by Gasteiger charge is 2.91. The number of thioether (sulfide) groups is 2. The van der Waals surface area contributed by atoms with E-state index in [1.165, 1.54) is 0 Å². The molecule has 0 bridgehead atoms. The quantitative estimate of drug-likeness (QED) is 0.659. The molecule has 2 aliphatic rings. The van der Waals surface area contributed by atoms with E-state index >= 15 is 0 Å². The molecule has 1 saturated carbocycles. The molecule has 2 N–H and O–H groups in total. The predicted octanol–water partition coefficient (Wildman–Crippen LogP) is 4.12. The number of hydrogen-bond acceptors (Lipinski definition) is 7. The molecule has 7 heteroatoms. The third-order valence-electron chi connectivity index (χ3n) is 5.38. The van der Waals surface area contributed by atoms with E-state index in [9.17, 15) is 10.5 Å². The maximum absolute atomic E-state index is 10.4. The smallest absolute Gasteiger partial charge is 0.175 e. The Labute approximate surface area is 169 Å². The summed E-state index contributed by atoms with van der Waals surface area (Å²) in [5, 5.41) is 20.5. The normalized spacial score (nSPS) is 30.0. The second-order valence-electron chi connectivity index (χ2n) is 6.82. The van der Waals surface area contributed by atoms with Crippen LogP contribution >= 0.6 is 23.5 Å². The predicted molar refractivity (Wildman–Crippen MR) is 112 cm³/mol. The van der Waals surface area contributed by atoms with Crippen LogP contribution in [-0.4, -0.2) is 28.7 Å². The first-order chi connectivity index (χ1) is 13.0. The van der Waals surface area contributed by atoms with Gasteiger partial charge in [-0.1, -0.05) is 26.0 Å². The van der Waals surface area contributed by atoms with Gasteiger partial charge in [0.05, 0.1) is 19.2 Å². The van der Waals surface area contributed by atoms with E-state index in [1.807, 2.05) is 24.3 Å². The van der Waals surface area contributed by atoms with Crippen LogP contribution in [0.15, 0.2) is 29.3 Å². The molecule has 0 spiro atoms. The van der Waals surface area contributed by atoms with Crippen LogP contribution in [0, 0.1) is 33.5 Å². The van der Waals surface area contributed by atoms with Crippen LogP contribution in [0.25, 0.3) is 0 Å². The van der Waals surface area contributed by atoms with Crippen LogP contribution in [0.4, 0.5) is 0 Å². The SMILES string of the molecule is CCCSC1(SCCC)N=C(N)C2(C#N)C(c3ccc(OC)cc3)C12C#N. The zero-order valence-electron chi connectivity index (χ0n) is 15.9. The second-order valence-corrected chi connectivity index (χ2v) is 9.66. The van der Waals surface area contributed by atoms with Gasteiger partial charge in [0.2, 0.25) is 0 Å². The minimum absolute atomic E-state index is 0.280. The monoisotopic (exact) mass is 400 g/mol. The van der Waals surface area contributed by atoms with Gasteiger partial charge in [-0.3, -0.25) is 0 Å². The van der Waals surface area contributed by atoms with Gasteiger partial charge in [-0.05, 0) is 42.0 Å². The summed E-state index contributed by atoms with van der Waals surface area (Å²) in [6.45, 7) is 4.22. The van der Waals surface area contributed by atoms with Crippen molar-refractivity contribution >= 4 is 29.4 Å². The highest BCUT2D eigenvalue weighted by Crippen LogP contribution is 2.85. The Balaban J connectivity index is 2.13. The van der Waals surface area contributed by atoms with E-state index in [4.69, 9.17) is 15.5 Å². The summed E-state index contributed by atoms with van der Waals surface area (Å²) in [5.41, 5.74) is 5.29. The van der Waals surface area contributed by atoms with Crippen LogP contribution in [0.3, 0.4) is 0 Å². The molecule has 1 fully saturated rings. The van der Waals surface area contributed by atoms with Gasteiger partial charge in [-0.15, -0.1) is 23.5 Å². The van der Waals surface area contributed by atoms with E-state index in [0.717, 1.165) is 35.7 Å². The molecule has 0 aromatic heterocycles. The van der Waals surface area contributed by atoms with Crippen molar-refractivity contribution in [2.45, 2.75) is 36.8 Å².